The minimum atomic E-state index is 0.618. The molecule has 0 radical (unpaired) electrons. The Labute approximate surface area is 229 Å². The Bertz CT molecular complexity index is 896. The number of hydrogen-bond donors (Lipinski definition) is 1. The molecule has 0 unspecified atom stereocenters. The van der Waals surface area contributed by atoms with Gasteiger partial charge in [-0.05, 0) is 81.0 Å². The first-order valence-electron chi connectivity index (χ1n) is 14.8. The fraction of sp³-hybridized carbons (Fsp3) is 0.606. The molecule has 1 saturated carbocycles. The zero-order chi connectivity index (χ0) is 27.8. The van der Waals surface area contributed by atoms with Crippen molar-refractivity contribution in [2.45, 2.75) is 93.5 Å². The van der Waals surface area contributed by atoms with E-state index in [1.807, 2.05) is 60.2 Å². The van der Waals surface area contributed by atoms with Crippen molar-refractivity contribution in [3.63, 3.8) is 0 Å². The molecular formula is C33H56N4. The van der Waals surface area contributed by atoms with Crippen LogP contribution in [0.2, 0.25) is 0 Å². The number of nitrogens with one attached hydrogen (secondary N) is 1. The summed E-state index contributed by atoms with van der Waals surface area (Å²) in [5, 5.41) is 8.03. The summed E-state index contributed by atoms with van der Waals surface area (Å²) >= 11 is 0. The molecule has 4 nitrogen and oxygen atoms in total. The van der Waals surface area contributed by atoms with Gasteiger partial charge in [-0.25, -0.2) is 0 Å². The third kappa shape index (κ3) is 10.2. The molecule has 1 aliphatic heterocycles. The van der Waals surface area contributed by atoms with Crippen LogP contribution in [0.3, 0.4) is 0 Å². The Morgan fingerprint density at radius 3 is 2.11 bits per heavy atom. The molecule has 0 bridgehead atoms. The quantitative estimate of drug-likeness (QED) is 0.369. The molecule has 2 heterocycles. The summed E-state index contributed by atoms with van der Waals surface area (Å²) in [7, 11) is 1.96. The van der Waals surface area contributed by atoms with Gasteiger partial charge in [-0.2, -0.15) is 5.10 Å². The van der Waals surface area contributed by atoms with E-state index in [1.165, 1.54) is 49.9 Å². The summed E-state index contributed by atoms with van der Waals surface area (Å²) < 4.78 is 1.86. The van der Waals surface area contributed by atoms with Crippen molar-refractivity contribution in [3.05, 3.63) is 72.2 Å². The first-order chi connectivity index (χ1) is 17.9. The number of likely N-dealkylation sites (tertiary alicyclic amines) is 1. The van der Waals surface area contributed by atoms with Gasteiger partial charge in [-0.15, -0.1) is 0 Å². The standard InChI is InChI=1S/C27H38N4.3C2H6/c1-21(26-20-30(4)29-23(26)3)10-11-22(2)28-18-25-16-27(17-25)12-14-31(15-13-27)19-24-8-6-5-7-9-24;3*1-2/h5-9,20,25,28H,1-2,10-19H2,3-4H3;3*1-2H3. The van der Waals surface area contributed by atoms with Gasteiger partial charge in [0.2, 0.25) is 0 Å². The maximum atomic E-state index is 4.42. The minimum Gasteiger partial charge on any atom is -0.389 e. The Morgan fingerprint density at radius 1 is 0.973 bits per heavy atom. The Balaban J connectivity index is 0.00000106. The number of nitrogens with zero attached hydrogens (tertiary/aromatic N) is 3. The molecule has 208 valence electrons. The van der Waals surface area contributed by atoms with Crippen molar-refractivity contribution < 1.29 is 0 Å². The van der Waals surface area contributed by atoms with Crippen LogP contribution in [0.5, 0.6) is 0 Å². The number of aromatic nitrogens is 2. The van der Waals surface area contributed by atoms with Crippen molar-refractivity contribution in [1.82, 2.24) is 20.0 Å². The molecule has 0 atom stereocenters. The van der Waals surface area contributed by atoms with E-state index in [9.17, 15) is 0 Å². The summed E-state index contributed by atoms with van der Waals surface area (Å²) in [6, 6.07) is 10.9. The second-order valence-corrected chi connectivity index (χ2v) is 9.93. The maximum Gasteiger partial charge on any atom is 0.0668 e. The lowest BCUT2D eigenvalue weighted by Crippen LogP contribution is -2.48. The molecule has 4 rings (SSSR count). The van der Waals surface area contributed by atoms with E-state index in [1.54, 1.807) is 0 Å². The lowest BCUT2D eigenvalue weighted by Gasteiger charge is -2.52. The Kier molecular flexibility index (Phi) is 15.2. The van der Waals surface area contributed by atoms with E-state index in [4.69, 9.17) is 0 Å². The maximum absolute atomic E-state index is 4.42. The monoisotopic (exact) mass is 508 g/mol. The Morgan fingerprint density at radius 2 is 1.57 bits per heavy atom. The summed E-state index contributed by atoms with van der Waals surface area (Å²) in [6.45, 7) is 27.2. The normalized spacial score (nSPS) is 16.1. The minimum absolute atomic E-state index is 0.618. The summed E-state index contributed by atoms with van der Waals surface area (Å²) in [6.07, 6.45) is 9.43. The average molecular weight is 509 g/mol. The number of hydrogen-bond acceptors (Lipinski definition) is 3. The van der Waals surface area contributed by atoms with Gasteiger partial charge in [0.25, 0.3) is 0 Å². The van der Waals surface area contributed by atoms with Crippen LogP contribution in [-0.4, -0.2) is 34.3 Å². The van der Waals surface area contributed by atoms with Gasteiger partial charge in [-0.1, -0.05) is 85.0 Å². The Hall–Kier alpha value is -2.33. The molecule has 4 heteroatoms. The van der Waals surface area contributed by atoms with Crippen molar-refractivity contribution >= 4 is 5.57 Å². The third-order valence-electron chi connectivity index (χ3n) is 7.37. The number of aryl methyl sites for hydroxylation is 2. The van der Waals surface area contributed by atoms with E-state index < -0.39 is 0 Å². The first kappa shape index (κ1) is 32.7. The van der Waals surface area contributed by atoms with Crippen molar-refractivity contribution in [2.24, 2.45) is 18.4 Å². The van der Waals surface area contributed by atoms with Crippen LogP contribution in [-0.2, 0) is 13.6 Å². The number of allylic oxidation sites excluding steroid dienone is 2. The van der Waals surface area contributed by atoms with Gasteiger partial charge in [0.15, 0.2) is 0 Å². The van der Waals surface area contributed by atoms with E-state index in [0.29, 0.717) is 5.41 Å². The molecule has 1 N–H and O–H groups in total. The lowest BCUT2D eigenvalue weighted by atomic mass is 9.57. The van der Waals surface area contributed by atoms with Gasteiger partial charge in [0, 0.05) is 37.6 Å². The van der Waals surface area contributed by atoms with Crippen LogP contribution >= 0.6 is 0 Å². The highest BCUT2D eigenvalue weighted by molar-refractivity contribution is 5.64. The summed E-state index contributed by atoms with van der Waals surface area (Å²) in [4.78, 5) is 2.63. The smallest absolute Gasteiger partial charge is 0.0668 e. The van der Waals surface area contributed by atoms with E-state index in [-0.39, 0.29) is 0 Å². The number of piperidine rings is 1. The second kappa shape index (κ2) is 17.2. The highest BCUT2D eigenvalue weighted by Crippen LogP contribution is 2.52. The second-order valence-electron chi connectivity index (χ2n) is 9.93. The van der Waals surface area contributed by atoms with Gasteiger partial charge >= 0.3 is 0 Å². The zero-order valence-corrected chi connectivity index (χ0v) is 25.4. The highest BCUT2D eigenvalue weighted by Gasteiger charge is 2.45. The molecule has 2 aromatic rings. The van der Waals surface area contributed by atoms with Gasteiger partial charge in [0.1, 0.15) is 0 Å². The van der Waals surface area contributed by atoms with E-state index in [0.717, 1.165) is 48.8 Å². The molecule has 1 aromatic carbocycles. The molecule has 2 aliphatic rings. The number of rotatable bonds is 9. The zero-order valence-electron chi connectivity index (χ0n) is 25.4. The largest absolute Gasteiger partial charge is 0.389 e. The first-order valence-corrected chi connectivity index (χ1v) is 14.8. The molecule has 0 amide bonds. The van der Waals surface area contributed by atoms with Crippen molar-refractivity contribution in [2.75, 3.05) is 19.6 Å². The molecule has 1 saturated heterocycles. The third-order valence-corrected chi connectivity index (χ3v) is 7.37. The van der Waals surface area contributed by atoms with Crippen LogP contribution in [0.1, 0.15) is 96.9 Å². The topological polar surface area (TPSA) is 33.1 Å². The fourth-order valence-electron chi connectivity index (χ4n) is 5.50. The fourth-order valence-corrected chi connectivity index (χ4v) is 5.50. The van der Waals surface area contributed by atoms with Crippen LogP contribution in [0.15, 0.2) is 55.4 Å². The SMILES string of the molecule is C=C(CCC(=C)c1cn(C)nc1C)NCC1CC2(CCN(Cc3ccccc3)CC2)C1.CC.CC.CC. The predicted molar refractivity (Wildman–Crippen MR) is 164 cm³/mol. The van der Waals surface area contributed by atoms with Crippen LogP contribution in [0, 0.1) is 18.3 Å². The van der Waals surface area contributed by atoms with Crippen LogP contribution in [0.25, 0.3) is 5.57 Å². The predicted octanol–water partition coefficient (Wildman–Crippen LogP) is 8.40. The van der Waals surface area contributed by atoms with Crippen LogP contribution < -0.4 is 5.32 Å². The van der Waals surface area contributed by atoms with Crippen molar-refractivity contribution in [1.29, 1.82) is 0 Å². The number of benzene rings is 1. The van der Waals surface area contributed by atoms with Gasteiger partial charge in [0.05, 0.1) is 5.69 Å². The van der Waals surface area contributed by atoms with Gasteiger partial charge < -0.3 is 5.32 Å². The molecule has 1 aromatic heterocycles. The molecule has 37 heavy (non-hydrogen) atoms. The van der Waals surface area contributed by atoms with Crippen molar-refractivity contribution in [3.8, 4) is 0 Å². The van der Waals surface area contributed by atoms with Gasteiger partial charge in [-0.3, -0.25) is 9.58 Å². The molecule has 1 spiro atoms. The molecule has 1 aliphatic carbocycles. The highest BCUT2D eigenvalue weighted by atomic mass is 15.2. The molecular weight excluding hydrogens is 452 g/mol. The van der Waals surface area contributed by atoms with Crippen LogP contribution in [0.4, 0.5) is 0 Å². The van der Waals surface area contributed by atoms with E-state index >= 15 is 0 Å². The lowest BCUT2D eigenvalue weighted by molar-refractivity contribution is -0.0137. The molecule has 2 fully saturated rings. The average Bonchev–Trinajstić information content (AvgIpc) is 3.27. The summed E-state index contributed by atoms with van der Waals surface area (Å²) in [5.74, 6) is 0.807. The summed E-state index contributed by atoms with van der Waals surface area (Å²) in [5.41, 5.74) is 6.58. The van der Waals surface area contributed by atoms with E-state index in [2.05, 4.69) is 65.0 Å².